The van der Waals surface area contributed by atoms with Gasteiger partial charge in [0.15, 0.2) is 11.8 Å². The number of aromatic nitrogens is 2. The van der Waals surface area contributed by atoms with Crippen molar-refractivity contribution in [2.45, 2.75) is 83.2 Å². The molecule has 2 heterocycles. The lowest BCUT2D eigenvalue weighted by molar-refractivity contribution is -0.192. The molecule has 0 unspecified atom stereocenters. The van der Waals surface area contributed by atoms with Crippen LogP contribution in [0.15, 0.2) is 21.9 Å². The van der Waals surface area contributed by atoms with E-state index in [1.807, 2.05) is 4.98 Å². The Kier molecular flexibility index (Phi) is 12.1. The van der Waals surface area contributed by atoms with Crippen molar-refractivity contribution < 1.29 is 51.9 Å². The average molecular weight is 601 g/mol. The van der Waals surface area contributed by atoms with E-state index in [1.54, 1.807) is 27.7 Å². The highest BCUT2D eigenvalue weighted by Gasteiger charge is 2.61. The second-order valence-electron chi connectivity index (χ2n) is 9.44. The van der Waals surface area contributed by atoms with Crippen LogP contribution in [0.4, 0.5) is 8.78 Å². The summed E-state index contributed by atoms with van der Waals surface area (Å²) < 4.78 is 63.2. The molecule has 18 heteroatoms. The van der Waals surface area contributed by atoms with Crippen LogP contribution in [0.3, 0.4) is 0 Å². The smallest absolute Gasteiger partial charge is 0.340 e. The van der Waals surface area contributed by atoms with Crippen LogP contribution < -0.4 is 21.4 Å². The molecular formula is C22H35F2N4O11P. The number of aliphatic hydroxyl groups excluding tert-OH is 2. The van der Waals surface area contributed by atoms with Gasteiger partial charge in [-0.05, 0) is 27.7 Å². The summed E-state index contributed by atoms with van der Waals surface area (Å²) in [6.07, 6.45) is -10.3. The van der Waals surface area contributed by atoms with E-state index >= 15 is 0 Å². The zero-order chi connectivity index (χ0) is 30.3. The summed E-state index contributed by atoms with van der Waals surface area (Å²) in [6, 6.07) is 0.874. The molecule has 0 amide bonds. The van der Waals surface area contributed by atoms with Crippen LogP contribution in [-0.4, -0.2) is 87.8 Å². The van der Waals surface area contributed by atoms with Crippen LogP contribution in [0.5, 0.6) is 0 Å². The van der Waals surface area contributed by atoms with E-state index in [1.165, 1.54) is 0 Å². The van der Waals surface area contributed by atoms with Gasteiger partial charge in [-0.3, -0.25) is 28.5 Å². The maximum absolute atomic E-state index is 14.3. The predicted molar refractivity (Wildman–Crippen MR) is 133 cm³/mol. The monoisotopic (exact) mass is 600 g/mol. The Bertz CT molecular complexity index is 1150. The second-order valence-corrected chi connectivity index (χ2v) is 11.4. The molecule has 4 atom stereocenters. The first-order valence-corrected chi connectivity index (χ1v) is 14.0. The molecule has 15 nitrogen and oxygen atoms in total. The van der Waals surface area contributed by atoms with Crippen molar-refractivity contribution in [1.82, 2.24) is 19.7 Å². The van der Waals surface area contributed by atoms with Gasteiger partial charge in [0, 0.05) is 25.4 Å². The highest BCUT2D eigenvalue weighted by molar-refractivity contribution is 7.54. The second kappa shape index (κ2) is 14.4. The lowest BCUT2D eigenvalue weighted by Gasteiger charge is -2.32. The zero-order valence-electron chi connectivity index (χ0n) is 22.4. The van der Waals surface area contributed by atoms with E-state index in [0.717, 1.165) is 12.3 Å². The van der Waals surface area contributed by atoms with Gasteiger partial charge in [0.05, 0.1) is 31.7 Å². The molecule has 0 aliphatic carbocycles. The number of aromatic amines is 1. The van der Waals surface area contributed by atoms with Gasteiger partial charge >= 0.3 is 25.3 Å². The molecule has 228 valence electrons. The molecule has 1 aromatic rings. The van der Waals surface area contributed by atoms with Crippen molar-refractivity contribution in [3.8, 4) is 0 Å². The zero-order valence-corrected chi connectivity index (χ0v) is 23.3. The molecule has 1 fully saturated rings. The largest absolute Gasteiger partial charge is 0.463 e. The normalized spacial score (nSPS) is 23.2. The third-order valence-electron chi connectivity index (χ3n) is 5.46. The Morgan fingerprint density at radius 2 is 1.62 bits per heavy atom. The lowest BCUT2D eigenvalue weighted by atomic mass is 9.96. The van der Waals surface area contributed by atoms with Gasteiger partial charge in [-0.1, -0.05) is 0 Å². The minimum atomic E-state index is -4.33. The number of aliphatic hydroxyl groups is 2. The lowest BCUT2D eigenvalue weighted by Crippen LogP contribution is -2.53. The number of ether oxygens (including phenoxy) is 3. The van der Waals surface area contributed by atoms with Gasteiger partial charge in [0.25, 0.3) is 12.0 Å². The molecule has 0 aromatic carbocycles. The predicted octanol–water partition coefficient (Wildman–Crippen LogP) is -0.222. The van der Waals surface area contributed by atoms with Crippen LogP contribution in [-0.2, 0) is 32.9 Å². The maximum atomic E-state index is 14.3. The van der Waals surface area contributed by atoms with Gasteiger partial charge in [0.2, 0.25) is 0 Å². The number of nitrogens with zero attached hydrogens (tertiary/aromatic N) is 1. The molecule has 1 aromatic heterocycles. The Labute approximate surface area is 227 Å². The first kappa shape index (κ1) is 33.7. The van der Waals surface area contributed by atoms with E-state index in [0.29, 0.717) is 4.57 Å². The van der Waals surface area contributed by atoms with E-state index in [-0.39, 0.29) is 25.9 Å². The van der Waals surface area contributed by atoms with Gasteiger partial charge in [-0.2, -0.15) is 0 Å². The number of H-pyrrole nitrogens is 1. The van der Waals surface area contributed by atoms with Gasteiger partial charge in [-0.15, -0.1) is 0 Å². The summed E-state index contributed by atoms with van der Waals surface area (Å²) in [5.74, 6) is -1.30. The minimum Gasteiger partial charge on any atom is -0.463 e. The van der Waals surface area contributed by atoms with Crippen LogP contribution in [0.25, 0.3) is 0 Å². The molecule has 0 bridgehead atoms. The SMILES string of the molecule is CC(C)OC(=O)CCNP(=O)(NCCC(=O)OC(C)C)OC[C@@]1(C(F)F)O[C@@H](n2ccc(=O)[nH]c2=O)[C@H](O)[C@@H]1O. The van der Waals surface area contributed by atoms with Crippen molar-refractivity contribution in [1.29, 1.82) is 0 Å². The summed E-state index contributed by atoms with van der Waals surface area (Å²) >= 11 is 0. The van der Waals surface area contributed by atoms with Crippen molar-refractivity contribution in [3.63, 3.8) is 0 Å². The molecule has 5 N–H and O–H groups in total. The van der Waals surface area contributed by atoms with Crippen molar-refractivity contribution in [3.05, 3.63) is 33.1 Å². The number of alkyl halides is 2. The molecule has 1 aliphatic heterocycles. The molecule has 2 rings (SSSR count). The number of carbonyl (C=O) groups excluding carboxylic acids is 2. The van der Waals surface area contributed by atoms with Crippen LogP contribution in [0.1, 0.15) is 46.8 Å². The quantitative estimate of drug-likeness (QED) is 0.130. The molecule has 0 spiro atoms. The van der Waals surface area contributed by atoms with Crippen molar-refractivity contribution in [2.24, 2.45) is 0 Å². The van der Waals surface area contributed by atoms with E-state index in [4.69, 9.17) is 18.7 Å². The number of nitrogens with one attached hydrogen (secondary N) is 3. The van der Waals surface area contributed by atoms with Gasteiger partial charge in [-0.25, -0.2) is 23.7 Å². The summed E-state index contributed by atoms with van der Waals surface area (Å²) in [4.78, 5) is 49.0. The average Bonchev–Trinajstić information content (AvgIpc) is 3.08. The first-order valence-electron chi connectivity index (χ1n) is 12.4. The highest BCUT2D eigenvalue weighted by atomic mass is 31.2. The Hall–Kier alpha value is -2.53. The van der Waals surface area contributed by atoms with Crippen LogP contribution >= 0.6 is 7.67 Å². The summed E-state index contributed by atoms with van der Waals surface area (Å²) in [7, 11) is -4.33. The number of rotatable bonds is 15. The number of carbonyl (C=O) groups is 2. The summed E-state index contributed by atoms with van der Waals surface area (Å²) in [5.41, 5.74) is -4.89. The third kappa shape index (κ3) is 8.99. The van der Waals surface area contributed by atoms with Crippen molar-refractivity contribution in [2.75, 3.05) is 19.7 Å². The molecule has 1 saturated heterocycles. The fraction of sp³-hybridized carbons (Fsp3) is 0.727. The number of hydrogen-bond donors (Lipinski definition) is 5. The number of halogens is 2. The first-order chi connectivity index (χ1) is 18.6. The molecule has 0 saturated carbocycles. The summed E-state index contributed by atoms with van der Waals surface area (Å²) in [6.45, 7) is 4.62. The van der Waals surface area contributed by atoms with E-state index in [2.05, 4.69) is 10.2 Å². The molecular weight excluding hydrogens is 565 g/mol. The van der Waals surface area contributed by atoms with E-state index < -0.39 is 80.1 Å². The Morgan fingerprint density at radius 3 is 2.08 bits per heavy atom. The molecule has 1 aliphatic rings. The minimum absolute atomic E-state index is 0.280. The van der Waals surface area contributed by atoms with Crippen LogP contribution in [0.2, 0.25) is 0 Å². The maximum Gasteiger partial charge on any atom is 0.340 e. The van der Waals surface area contributed by atoms with Gasteiger partial charge < -0.3 is 28.9 Å². The number of hydrogen-bond acceptors (Lipinski definition) is 11. The Morgan fingerprint density at radius 1 is 1.10 bits per heavy atom. The standard InChI is InChI=1S/C22H35F2N4O11P/c1-12(2)37-15(30)5-8-25-40(35,26-9-6-16(31)38-13(3)4)36-11-22(20(23)24)18(33)17(32)19(39-22)28-10-7-14(29)27-21(28)34/h7,10,12-13,17-20,32-33H,5-6,8-9,11H2,1-4H3,(H2,25,26,35)(H,27,29,34)/t17-,18+,19-,22-/m1/s1. The Balaban J connectivity index is 2.23. The highest BCUT2D eigenvalue weighted by Crippen LogP contribution is 2.45. The molecule has 40 heavy (non-hydrogen) atoms. The van der Waals surface area contributed by atoms with Gasteiger partial charge in [0.1, 0.15) is 12.2 Å². The molecule has 0 radical (unpaired) electrons. The summed E-state index contributed by atoms with van der Waals surface area (Å²) in [5, 5.41) is 25.8. The fourth-order valence-corrected chi connectivity index (χ4v) is 5.10. The van der Waals surface area contributed by atoms with Crippen LogP contribution in [0, 0.1) is 0 Å². The topological polar surface area (TPSA) is 208 Å². The third-order valence-corrected chi connectivity index (χ3v) is 7.23. The van der Waals surface area contributed by atoms with Crippen molar-refractivity contribution >= 4 is 19.6 Å². The van der Waals surface area contributed by atoms with E-state index in [9.17, 15) is 42.7 Å². The fourth-order valence-electron chi connectivity index (χ4n) is 3.61. The number of esters is 2.